The number of aromatic nitrogens is 1. The summed E-state index contributed by atoms with van der Waals surface area (Å²) >= 11 is 5.79. The van der Waals surface area contributed by atoms with Crippen LogP contribution >= 0.6 is 11.6 Å². The molecule has 6 heteroatoms. The van der Waals surface area contributed by atoms with Crippen molar-refractivity contribution in [1.82, 2.24) is 9.88 Å². The van der Waals surface area contributed by atoms with Crippen LogP contribution < -0.4 is 0 Å². The number of piperidine rings is 1. The Balaban J connectivity index is 2.13. The first-order valence-corrected chi connectivity index (χ1v) is 5.99. The third-order valence-electron chi connectivity index (χ3n) is 3.00. The summed E-state index contributed by atoms with van der Waals surface area (Å²) in [6.07, 6.45) is 2.26. The molecule has 0 spiro atoms. The molecule has 2 rings (SSSR count). The monoisotopic (exact) mass is 267 g/mol. The van der Waals surface area contributed by atoms with Crippen LogP contribution in [0, 0.1) is 23.1 Å². The van der Waals surface area contributed by atoms with Crippen LogP contribution in [0.15, 0.2) is 12.3 Å². The molecule has 1 amide bonds. The Morgan fingerprint density at radius 1 is 1.56 bits per heavy atom. The fourth-order valence-electron chi connectivity index (χ4n) is 1.95. The molecule has 4 nitrogen and oxygen atoms in total. The van der Waals surface area contributed by atoms with Crippen molar-refractivity contribution in [3.63, 3.8) is 0 Å². The summed E-state index contributed by atoms with van der Waals surface area (Å²) < 4.78 is 13.1. The standard InChI is InChI=1S/C12H11ClFN3O/c13-11-10(5-9(14)7-16-11)12(18)17-3-1-8(6-15)2-4-17/h5,7-8H,1-4H2. The predicted octanol–water partition coefficient (Wildman–Crippen LogP) is 2.25. The zero-order valence-electron chi connectivity index (χ0n) is 9.57. The summed E-state index contributed by atoms with van der Waals surface area (Å²) in [6, 6.07) is 3.28. The van der Waals surface area contributed by atoms with Gasteiger partial charge in [-0.2, -0.15) is 5.26 Å². The Kier molecular flexibility index (Phi) is 3.78. The van der Waals surface area contributed by atoms with Crippen LogP contribution in [-0.4, -0.2) is 28.9 Å². The summed E-state index contributed by atoms with van der Waals surface area (Å²) in [5, 5.41) is 8.78. The molecule has 1 saturated heterocycles. The smallest absolute Gasteiger partial charge is 0.257 e. The lowest BCUT2D eigenvalue weighted by atomic mass is 9.98. The van der Waals surface area contributed by atoms with Crippen LogP contribution in [0.3, 0.4) is 0 Å². The van der Waals surface area contributed by atoms with Crippen LogP contribution in [0.1, 0.15) is 23.2 Å². The number of amides is 1. The first kappa shape index (κ1) is 12.8. The van der Waals surface area contributed by atoms with Gasteiger partial charge in [0.1, 0.15) is 11.0 Å². The Bertz CT molecular complexity index is 507. The molecule has 0 N–H and O–H groups in total. The lowest BCUT2D eigenvalue weighted by Gasteiger charge is -2.29. The minimum absolute atomic E-state index is 0.00352. The van der Waals surface area contributed by atoms with E-state index in [1.807, 2.05) is 0 Å². The molecule has 94 valence electrons. The number of nitriles is 1. The van der Waals surface area contributed by atoms with Gasteiger partial charge in [-0.3, -0.25) is 4.79 Å². The Labute approximate surface area is 109 Å². The van der Waals surface area contributed by atoms with Crippen molar-refractivity contribution < 1.29 is 9.18 Å². The van der Waals surface area contributed by atoms with Gasteiger partial charge in [0.05, 0.1) is 17.8 Å². The van der Waals surface area contributed by atoms with Crippen molar-refractivity contribution in [2.75, 3.05) is 13.1 Å². The van der Waals surface area contributed by atoms with Crippen molar-refractivity contribution in [3.8, 4) is 6.07 Å². The summed E-state index contributed by atoms with van der Waals surface area (Å²) in [4.78, 5) is 17.3. The maximum Gasteiger partial charge on any atom is 0.257 e. The van der Waals surface area contributed by atoms with E-state index in [1.165, 1.54) is 0 Å². The Morgan fingerprint density at radius 3 is 2.83 bits per heavy atom. The quantitative estimate of drug-likeness (QED) is 0.733. The molecular weight excluding hydrogens is 257 g/mol. The van der Waals surface area contributed by atoms with E-state index >= 15 is 0 Å². The van der Waals surface area contributed by atoms with Crippen molar-refractivity contribution in [2.45, 2.75) is 12.8 Å². The number of carbonyl (C=O) groups is 1. The first-order valence-electron chi connectivity index (χ1n) is 5.61. The van der Waals surface area contributed by atoms with E-state index < -0.39 is 5.82 Å². The molecule has 0 aliphatic carbocycles. The topological polar surface area (TPSA) is 57.0 Å². The Morgan fingerprint density at radius 2 is 2.22 bits per heavy atom. The number of halogens is 2. The van der Waals surface area contributed by atoms with Gasteiger partial charge in [0.15, 0.2) is 0 Å². The molecule has 0 aromatic carbocycles. The van der Waals surface area contributed by atoms with E-state index in [0.29, 0.717) is 25.9 Å². The molecule has 1 aliphatic heterocycles. The molecule has 1 aliphatic rings. The van der Waals surface area contributed by atoms with Gasteiger partial charge >= 0.3 is 0 Å². The predicted molar refractivity (Wildman–Crippen MR) is 63.4 cm³/mol. The van der Waals surface area contributed by atoms with Crippen molar-refractivity contribution in [3.05, 3.63) is 28.8 Å². The first-order chi connectivity index (χ1) is 8.61. The molecule has 1 aromatic heterocycles. The second kappa shape index (κ2) is 5.32. The van der Waals surface area contributed by atoms with Gasteiger partial charge in [-0.05, 0) is 18.9 Å². The van der Waals surface area contributed by atoms with Crippen molar-refractivity contribution in [1.29, 1.82) is 5.26 Å². The van der Waals surface area contributed by atoms with Gasteiger partial charge in [-0.15, -0.1) is 0 Å². The van der Waals surface area contributed by atoms with Crippen LogP contribution in [0.2, 0.25) is 5.15 Å². The number of rotatable bonds is 1. The molecule has 1 aromatic rings. The third-order valence-corrected chi connectivity index (χ3v) is 3.30. The molecule has 2 heterocycles. The summed E-state index contributed by atoms with van der Waals surface area (Å²) in [6.45, 7) is 0.980. The lowest BCUT2D eigenvalue weighted by molar-refractivity contribution is 0.0706. The van der Waals surface area contributed by atoms with Gasteiger partial charge in [-0.1, -0.05) is 11.6 Å². The van der Waals surface area contributed by atoms with E-state index in [2.05, 4.69) is 11.1 Å². The van der Waals surface area contributed by atoms with Crippen LogP contribution in [-0.2, 0) is 0 Å². The normalized spacial score (nSPS) is 16.4. The number of pyridine rings is 1. The van der Waals surface area contributed by atoms with Crippen molar-refractivity contribution >= 4 is 17.5 Å². The van der Waals surface area contributed by atoms with Crippen LogP contribution in [0.5, 0.6) is 0 Å². The molecule has 0 unspecified atom stereocenters. The van der Waals surface area contributed by atoms with Gasteiger partial charge in [0, 0.05) is 19.0 Å². The van der Waals surface area contributed by atoms with E-state index in [0.717, 1.165) is 12.3 Å². The highest BCUT2D eigenvalue weighted by Crippen LogP contribution is 2.21. The molecule has 1 fully saturated rings. The number of hydrogen-bond donors (Lipinski definition) is 0. The highest BCUT2D eigenvalue weighted by atomic mass is 35.5. The molecule has 18 heavy (non-hydrogen) atoms. The molecule has 0 saturated carbocycles. The minimum Gasteiger partial charge on any atom is -0.338 e. The molecule has 0 atom stereocenters. The lowest BCUT2D eigenvalue weighted by Crippen LogP contribution is -2.38. The van der Waals surface area contributed by atoms with Crippen LogP contribution in [0.25, 0.3) is 0 Å². The highest BCUT2D eigenvalue weighted by Gasteiger charge is 2.25. The average Bonchev–Trinajstić information content (AvgIpc) is 2.41. The molecule has 0 bridgehead atoms. The van der Waals surface area contributed by atoms with E-state index in [4.69, 9.17) is 16.9 Å². The van der Waals surface area contributed by atoms with Crippen LogP contribution in [0.4, 0.5) is 4.39 Å². The number of hydrogen-bond acceptors (Lipinski definition) is 3. The third kappa shape index (κ3) is 2.59. The Hall–Kier alpha value is -1.67. The van der Waals surface area contributed by atoms with Gasteiger partial charge in [0.25, 0.3) is 5.91 Å². The molecule has 0 radical (unpaired) electrons. The minimum atomic E-state index is -0.588. The maximum atomic E-state index is 13.1. The second-order valence-electron chi connectivity index (χ2n) is 4.19. The maximum absolute atomic E-state index is 13.1. The average molecular weight is 268 g/mol. The second-order valence-corrected chi connectivity index (χ2v) is 4.55. The fourth-order valence-corrected chi connectivity index (χ4v) is 2.14. The highest BCUT2D eigenvalue weighted by molar-refractivity contribution is 6.32. The summed E-state index contributed by atoms with van der Waals surface area (Å²) in [7, 11) is 0. The largest absolute Gasteiger partial charge is 0.338 e. The van der Waals surface area contributed by atoms with E-state index in [-0.39, 0.29) is 22.5 Å². The van der Waals surface area contributed by atoms with Gasteiger partial charge < -0.3 is 4.90 Å². The van der Waals surface area contributed by atoms with Gasteiger partial charge in [-0.25, -0.2) is 9.37 Å². The number of likely N-dealkylation sites (tertiary alicyclic amines) is 1. The van der Waals surface area contributed by atoms with E-state index in [9.17, 15) is 9.18 Å². The summed E-state index contributed by atoms with van der Waals surface area (Å²) in [5.74, 6) is -0.923. The molecular formula is C12H11ClFN3O. The van der Waals surface area contributed by atoms with E-state index in [1.54, 1.807) is 4.90 Å². The number of nitrogens with zero attached hydrogens (tertiary/aromatic N) is 3. The SMILES string of the molecule is N#CC1CCN(C(=O)c2cc(F)cnc2Cl)CC1. The zero-order valence-corrected chi connectivity index (χ0v) is 10.3. The van der Waals surface area contributed by atoms with Crippen molar-refractivity contribution in [2.24, 2.45) is 5.92 Å². The number of carbonyl (C=O) groups excluding carboxylic acids is 1. The fraction of sp³-hybridized carbons (Fsp3) is 0.417. The zero-order chi connectivity index (χ0) is 13.1. The summed E-state index contributed by atoms with van der Waals surface area (Å²) in [5.41, 5.74) is 0.0760. The van der Waals surface area contributed by atoms with Gasteiger partial charge in [0.2, 0.25) is 0 Å².